The number of thiophene rings is 1. The van der Waals surface area contributed by atoms with Crippen molar-refractivity contribution in [3.63, 3.8) is 0 Å². The summed E-state index contributed by atoms with van der Waals surface area (Å²) < 4.78 is 38.3. The molecule has 0 aliphatic heterocycles. The first-order valence-corrected chi connectivity index (χ1v) is 8.88. The van der Waals surface area contributed by atoms with Crippen LogP contribution in [0.3, 0.4) is 0 Å². The molecule has 0 spiro atoms. The molecule has 0 saturated heterocycles. The number of carbonyl (C=O) groups excluding carboxylic acids is 1. The molecule has 0 radical (unpaired) electrons. The quantitative estimate of drug-likeness (QED) is 0.839. The number of hydrogen-bond acceptors (Lipinski definition) is 3. The normalized spacial score (nSPS) is 21.4. The van der Waals surface area contributed by atoms with Gasteiger partial charge in [0, 0.05) is 4.88 Å². The maximum absolute atomic E-state index is 12.8. The summed E-state index contributed by atoms with van der Waals surface area (Å²) >= 11 is 1.52. The lowest BCUT2D eigenvalue weighted by Gasteiger charge is -2.37. The van der Waals surface area contributed by atoms with Crippen LogP contribution in [0.1, 0.15) is 34.9 Å². The zero-order valence-corrected chi connectivity index (χ0v) is 14.1. The van der Waals surface area contributed by atoms with Crippen LogP contribution in [0.2, 0.25) is 0 Å². The summed E-state index contributed by atoms with van der Waals surface area (Å²) in [5.74, 6) is -0.168. The molecule has 1 aromatic carbocycles. The monoisotopic (exact) mass is 369 g/mol. The minimum Gasteiger partial charge on any atom is -0.393 e. The molecule has 7 heteroatoms. The molecule has 1 fully saturated rings. The lowest BCUT2D eigenvalue weighted by Crippen LogP contribution is -2.41. The Kier molecular flexibility index (Phi) is 5.15. The zero-order valence-electron chi connectivity index (χ0n) is 13.3. The van der Waals surface area contributed by atoms with Crippen LogP contribution in [-0.4, -0.2) is 17.1 Å². The fraction of sp³-hybridized carbons (Fsp3) is 0.389. The molecule has 1 unspecified atom stereocenters. The Morgan fingerprint density at radius 2 is 2.04 bits per heavy atom. The maximum Gasteiger partial charge on any atom is 0.416 e. The first kappa shape index (κ1) is 17.9. The third-order valence-electron chi connectivity index (χ3n) is 4.41. The SMILES string of the molecule is O=C(Cc1cccc(C(F)(F)F)c1)NC(c1cccs1)C1CC(O)C1. The second kappa shape index (κ2) is 7.17. The average Bonchev–Trinajstić information content (AvgIpc) is 3.03. The summed E-state index contributed by atoms with van der Waals surface area (Å²) in [6.07, 6.45) is -3.64. The van der Waals surface area contributed by atoms with Gasteiger partial charge in [-0.3, -0.25) is 4.79 Å². The molecule has 3 nitrogen and oxygen atoms in total. The molecule has 2 aromatic rings. The number of aliphatic hydroxyl groups is 1. The van der Waals surface area contributed by atoms with Crippen LogP contribution in [0, 0.1) is 5.92 Å². The Labute approximate surface area is 147 Å². The number of aliphatic hydroxyl groups excluding tert-OH is 1. The molecule has 3 rings (SSSR count). The Morgan fingerprint density at radius 3 is 2.64 bits per heavy atom. The Bertz CT molecular complexity index is 724. The number of carbonyl (C=O) groups is 1. The van der Waals surface area contributed by atoms with E-state index in [1.54, 1.807) is 0 Å². The lowest BCUT2D eigenvalue weighted by atomic mass is 9.76. The summed E-state index contributed by atoms with van der Waals surface area (Å²) in [6.45, 7) is 0. The van der Waals surface area contributed by atoms with E-state index < -0.39 is 11.7 Å². The first-order valence-electron chi connectivity index (χ1n) is 8.00. The van der Waals surface area contributed by atoms with Gasteiger partial charge < -0.3 is 10.4 Å². The van der Waals surface area contributed by atoms with Crippen molar-refractivity contribution in [1.29, 1.82) is 0 Å². The van der Waals surface area contributed by atoms with Crippen molar-refractivity contribution in [2.45, 2.75) is 37.6 Å². The molecule has 1 amide bonds. The van der Waals surface area contributed by atoms with Gasteiger partial charge in [-0.25, -0.2) is 0 Å². The van der Waals surface area contributed by atoms with E-state index in [0.717, 1.165) is 17.0 Å². The molecule has 1 atom stereocenters. The van der Waals surface area contributed by atoms with E-state index in [0.29, 0.717) is 18.4 Å². The van der Waals surface area contributed by atoms with Crippen molar-refractivity contribution in [3.8, 4) is 0 Å². The maximum atomic E-state index is 12.8. The van der Waals surface area contributed by atoms with Gasteiger partial charge >= 0.3 is 6.18 Å². The summed E-state index contributed by atoms with van der Waals surface area (Å²) in [5, 5.41) is 14.4. The molecule has 0 bridgehead atoms. The molecule has 1 aliphatic carbocycles. The van der Waals surface area contributed by atoms with E-state index in [-0.39, 0.29) is 30.4 Å². The van der Waals surface area contributed by atoms with Crippen molar-refractivity contribution in [2.24, 2.45) is 5.92 Å². The highest BCUT2D eigenvalue weighted by atomic mass is 32.1. The highest BCUT2D eigenvalue weighted by molar-refractivity contribution is 7.10. The van der Waals surface area contributed by atoms with Crippen molar-refractivity contribution < 1.29 is 23.1 Å². The summed E-state index contributed by atoms with van der Waals surface area (Å²) in [6, 6.07) is 8.43. The average molecular weight is 369 g/mol. The molecule has 1 aromatic heterocycles. The number of hydrogen-bond donors (Lipinski definition) is 2. The van der Waals surface area contributed by atoms with Gasteiger partial charge in [-0.15, -0.1) is 11.3 Å². The number of halogens is 3. The second-order valence-electron chi connectivity index (χ2n) is 6.32. The molecule has 134 valence electrons. The van der Waals surface area contributed by atoms with Crippen LogP contribution in [0.15, 0.2) is 41.8 Å². The molecule has 1 heterocycles. The molecular formula is C18H18F3NO2S. The van der Waals surface area contributed by atoms with Gasteiger partial charge in [-0.2, -0.15) is 13.2 Å². The van der Waals surface area contributed by atoms with Gasteiger partial charge in [0.25, 0.3) is 0 Å². The lowest BCUT2D eigenvalue weighted by molar-refractivity contribution is -0.137. The Balaban J connectivity index is 1.68. The van der Waals surface area contributed by atoms with Gasteiger partial charge in [-0.1, -0.05) is 24.3 Å². The minimum absolute atomic E-state index is 0.110. The highest BCUT2D eigenvalue weighted by Crippen LogP contribution is 2.39. The van der Waals surface area contributed by atoms with Crippen molar-refractivity contribution in [1.82, 2.24) is 5.32 Å². The first-order chi connectivity index (χ1) is 11.8. The predicted molar refractivity (Wildman–Crippen MR) is 89.1 cm³/mol. The Morgan fingerprint density at radius 1 is 1.28 bits per heavy atom. The van der Waals surface area contributed by atoms with Gasteiger partial charge in [0.05, 0.1) is 24.1 Å². The highest BCUT2D eigenvalue weighted by Gasteiger charge is 2.36. The van der Waals surface area contributed by atoms with Crippen molar-refractivity contribution >= 4 is 17.2 Å². The summed E-state index contributed by atoms with van der Waals surface area (Å²) in [4.78, 5) is 13.3. The van der Waals surface area contributed by atoms with Crippen molar-refractivity contribution in [2.75, 3.05) is 0 Å². The van der Waals surface area contributed by atoms with Gasteiger partial charge in [0.15, 0.2) is 0 Å². The van der Waals surface area contributed by atoms with E-state index in [1.807, 2.05) is 17.5 Å². The number of amides is 1. The molecule has 1 aliphatic rings. The Hall–Kier alpha value is -1.86. The zero-order chi connectivity index (χ0) is 18.0. The van der Waals surface area contributed by atoms with Crippen molar-refractivity contribution in [3.05, 3.63) is 57.8 Å². The summed E-state index contributed by atoms with van der Waals surface area (Å²) in [7, 11) is 0. The van der Waals surface area contributed by atoms with Crippen LogP contribution in [-0.2, 0) is 17.4 Å². The number of nitrogens with one attached hydrogen (secondary N) is 1. The minimum atomic E-state index is -4.42. The topological polar surface area (TPSA) is 49.3 Å². The van der Waals surface area contributed by atoms with E-state index in [4.69, 9.17) is 0 Å². The number of rotatable bonds is 5. The van der Waals surface area contributed by atoms with E-state index in [2.05, 4.69) is 5.32 Å². The largest absolute Gasteiger partial charge is 0.416 e. The van der Waals surface area contributed by atoms with Crippen LogP contribution < -0.4 is 5.32 Å². The van der Waals surface area contributed by atoms with Crippen LogP contribution in [0.5, 0.6) is 0 Å². The molecule has 2 N–H and O–H groups in total. The molecule has 25 heavy (non-hydrogen) atoms. The van der Waals surface area contributed by atoms with E-state index >= 15 is 0 Å². The van der Waals surface area contributed by atoms with Gasteiger partial charge in [0.1, 0.15) is 0 Å². The third-order valence-corrected chi connectivity index (χ3v) is 5.36. The molecule has 1 saturated carbocycles. The standard InChI is InChI=1S/C18H18F3NO2S/c19-18(20,21)13-4-1-3-11(7-13)8-16(24)22-17(12-9-14(23)10-12)15-5-2-6-25-15/h1-7,12,14,17,23H,8-10H2,(H,22,24). The second-order valence-corrected chi connectivity index (χ2v) is 7.30. The fourth-order valence-electron chi connectivity index (χ4n) is 3.06. The smallest absolute Gasteiger partial charge is 0.393 e. The number of alkyl halides is 3. The molecular weight excluding hydrogens is 351 g/mol. The third kappa shape index (κ3) is 4.41. The van der Waals surface area contributed by atoms with E-state index in [1.165, 1.54) is 23.5 Å². The number of benzene rings is 1. The van der Waals surface area contributed by atoms with Crippen LogP contribution in [0.25, 0.3) is 0 Å². The predicted octanol–water partition coefficient (Wildman–Crippen LogP) is 3.94. The fourth-order valence-corrected chi connectivity index (χ4v) is 3.93. The van der Waals surface area contributed by atoms with Crippen LogP contribution in [0.4, 0.5) is 13.2 Å². The van der Waals surface area contributed by atoms with Gasteiger partial charge in [0.2, 0.25) is 5.91 Å². The summed E-state index contributed by atoms with van der Waals surface area (Å²) in [5.41, 5.74) is -0.430. The van der Waals surface area contributed by atoms with E-state index in [9.17, 15) is 23.1 Å². The van der Waals surface area contributed by atoms with Crippen LogP contribution >= 0.6 is 11.3 Å². The van der Waals surface area contributed by atoms with Gasteiger partial charge in [-0.05, 0) is 41.8 Å².